The molecule has 0 aliphatic rings. The van der Waals surface area contributed by atoms with Crippen LogP contribution in [0.15, 0.2) is 0 Å². The summed E-state index contributed by atoms with van der Waals surface area (Å²) in [6, 6.07) is 0. The maximum atomic E-state index is 13.2. The first kappa shape index (κ1) is 104. The molecule has 17 nitrogen and oxygen atoms in total. The Morgan fingerprint density at radius 2 is 0.434 bits per heavy atom. The molecule has 19 heteroatoms. The predicted molar refractivity (Wildman–Crippen MR) is 437 cm³/mol. The summed E-state index contributed by atoms with van der Waals surface area (Å²) in [6.07, 6.45) is 71.0. The van der Waals surface area contributed by atoms with Gasteiger partial charge in [-0.3, -0.25) is 37.3 Å². The third-order valence-corrected chi connectivity index (χ3v) is 22.4. The van der Waals surface area contributed by atoms with Gasteiger partial charge in [-0.05, 0) is 37.5 Å². The molecule has 0 saturated carbocycles. The standard InChI is InChI=1S/C87H170O17P2/c1-7-9-11-13-15-17-19-21-23-25-27-29-31-33-37-41-45-51-57-63-69-84(89)97-75-82(103-86(91)71-65-59-52-46-42-38-34-32-30-28-26-24-22-20-18-16-14-12-10-8-2)77-101-105(93,94)99-73-81(88)74-100-106(95,96)102-78-83(76-98-85(90)70-64-58-54-48-50-56-62-68-80(5)6)104-87(92)72-66-60-53-47-43-39-35-36-40-44-49-55-61-67-79(3)4/h79-83,88H,7-78H2,1-6H3,(H,93,94)(H,95,96)/t81-,82-,83-/m1/s1. The van der Waals surface area contributed by atoms with Gasteiger partial charge >= 0.3 is 39.5 Å². The van der Waals surface area contributed by atoms with Gasteiger partial charge < -0.3 is 33.8 Å². The molecule has 0 spiro atoms. The van der Waals surface area contributed by atoms with Gasteiger partial charge in [-0.15, -0.1) is 0 Å². The number of hydrogen-bond acceptors (Lipinski definition) is 15. The Kier molecular flexibility index (Phi) is 76.9. The summed E-state index contributed by atoms with van der Waals surface area (Å²) in [5.74, 6) is -0.611. The average molecular weight is 1550 g/mol. The van der Waals surface area contributed by atoms with Crippen LogP contribution < -0.4 is 0 Å². The molecular formula is C87H170O17P2. The fourth-order valence-corrected chi connectivity index (χ4v) is 15.2. The van der Waals surface area contributed by atoms with E-state index in [-0.39, 0.29) is 25.7 Å². The van der Waals surface area contributed by atoms with Crippen molar-refractivity contribution in [1.29, 1.82) is 0 Å². The number of carbonyl (C=O) groups excluding carboxylic acids is 4. The van der Waals surface area contributed by atoms with Gasteiger partial charge in [0, 0.05) is 25.7 Å². The lowest BCUT2D eigenvalue weighted by Gasteiger charge is -2.21. The Morgan fingerprint density at radius 1 is 0.255 bits per heavy atom. The zero-order valence-electron chi connectivity index (χ0n) is 69.7. The van der Waals surface area contributed by atoms with Crippen LogP contribution in [0.5, 0.6) is 0 Å². The van der Waals surface area contributed by atoms with E-state index in [1.54, 1.807) is 0 Å². The molecule has 3 N–H and O–H groups in total. The first-order valence-corrected chi connectivity index (χ1v) is 48.0. The minimum Gasteiger partial charge on any atom is -0.462 e. The summed E-state index contributed by atoms with van der Waals surface area (Å²) in [4.78, 5) is 73.2. The summed E-state index contributed by atoms with van der Waals surface area (Å²) in [5, 5.41) is 10.7. The predicted octanol–water partition coefficient (Wildman–Crippen LogP) is 26.6. The quantitative estimate of drug-likeness (QED) is 0.0222. The first-order chi connectivity index (χ1) is 51.4. The molecule has 0 aliphatic carbocycles. The maximum Gasteiger partial charge on any atom is 0.472 e. The van der Waals surface area contributed by atoms with Gasteiger partial charge in [0.2, 0.25) is 0 Å². The number of carbonyl (C=O) groups is 4. The zero-order chi connectivity index (χ0) is 77.8. The molecule has 106 heavy (non-hydrogen) atoms. The Morgan fingerprint density at radius 3 is 0.642 bits per heavy atom. The average Bonchev–Trinajstić information content (AvgIpc) is 0.901. The highest BCUT2D eigenvalue weighted by molar-refractivity contribution is 7.47. The summed E-state index contributed by atoms with van der Waals surface area (Å²) < 4.78 is 68.9. The minimum atomic E-state index is -4.97. The van der Waals surface area contributed by atoms with Gasteiger partial charge in [-0.25, -0.2) is 9.13 Å². The topological polar surface area (TPSA) is 237 Å². The molecule has 630 valence electrons. The minimum absolute atomic E-state index is 0.107. The molecule has 0 saturated heterocycles. The van der Waals surface area contributed by atoms with Gasteiger partial charge in [-0.2, -0.15) is 0 Å². The Labute approximate surface area is 651 Å². The second-order valence-corrected chi connectivity index (χ2v) is 35.1. The van der Waals surface area contributed by atoms with E-state index in [0.29, 0.717) is 31.6 Å². The number of aliphatic hydroxyl groups excluding tert-OH is 1. The third kappa shape index (κ3) is 80.1. The van der Waals surface area contributed by atoms with Crippen LogP contribution in [0.4, 0.5) is 0 Å². The van der Waals surface area contributed by atoms with Crippen molar-refractivity contribution in [2.75, 3.05) is 39.6 Å². The number of aliphatic hydroxyl groups is 1. The fraction of sp³-hybridized carbons (Fsp3) is 0.954. The first-order valence-electron chi connectivity index (χ1n) is 45.0. The normalized spacial score (nSPS) is 13.8. The molecule has 0 heterocycles. The Hall–Kier alpha value is -1.94. The maximum absolute atomic E-state index is 13.2. The van der Waals surface area contributed by atoms with Crippen molar-refractivity contribution >= 4 is 39.5 Å². The lowest BCUT2D eigenvalue weighted by Crippen LogP contribution is -2.30. The molecule has 0 aromatic carbocycles. The van der Waals surface area contributed by atoms with Crippen LogP contribution in [-0.4, -0.2) is 96.7 Å². The number of ether oxygens (including phenoxy) is 4. The molecule has 0 fully saturated rings. The van der Waals surface area contributed by atoms with Crippen LogP contribution in [-0.2, 0) is 65.4 Å². The van der Waals surface area contributed by atoms with E-state index in [1.165, 1.54) is 276 Å². The number of phosphoric acid groups is 2. The molecule has 0 rings (SSSR count). The van der Waals surface area contributed by atoms with E-state index in [9.17, 15) is 43.2 Å². The van der Waals surface area contributed by atoms with Crippen molar-refractivity contribution in [2.24, 2.45) is 11.8 Å². The number of phosphoric ester groups is 2. The highest BCUT2D eigenvalue weighted by Crippen LogP contribution is 2.45. The summed E-state index contributed by atoms with van der Waals surface area (Å²) in [7, 11) is -9.93. The SMILES string of the molecule is CCCCCCCCCCCCCCCCCCCCCCC(=O)OC[C@H](COP(=O)(O)OC[C@@H](O)COP(=O)(O)OC[C@@H](COC(=O)CCCCCCCCCC(C)C)OC(=O)CCCCCCCCCCCCCCCC(C)C)OC(=O)CCCCCCCCCCCCCCCCCCCCCC. The molecule has 0 aromatic heterocycles. The lowest BCUT2D eigenvalue weighted by atomic mass is 10.0. The van der Waals surface area contributed by atoms with Crippen molar-refractivity contribution in [1.82, 2.24) is 0 Å². The Bertz CT molecular complexity index is 2030. The van der Waals surface area contributed by atoms with Crippen molar-refractivity contribution < 1.29 is 80.2 Å². The molecule has 2 unspecified atom stereocenters. The molecular weight excluding hydrogens is 1380 g/mol. The number of hydrogen-bond donors (Lipinski definition) is 3. The van der Waals surface area contributed by atoms with Crippen LogP contribution in [0.1, 0.15) is 465 Å². The van der Waals surface area contributed by atoms with E-state index in [2.05, 4.69) is 41.5 Å². The second kappa shape index (κ2) is 78.3. The van der Waals surface area contributed by atoms with Crippen LogP contribution in [0.2, 0.25) is 0 Å². The van der Waals surface area contributed by atoms with Gasteiger partial charge in [0.05, 0.1) is 26.4 Å². The van der Waals surface area contributed by atoms with Gasteiger partial charge in [0.15, 0.2) is 12.2 Å². The van der Waals surface area contributed by atoms with E-state index in [4.69, 9.17) is 37.0 Å². The molecule has 0 aromatic rings. The number of esters is 4. The largest absolute Gasteiger partial charge is 0.472 e. The molecule has 0 bridgehead atoms. The van der Waals surface area contributed by atoms with E-state index in [0.717, 1.165) is 102 Å². The van der Waals surface area contributed by atoms with Crippen molar-refractivity contribution in [2.45, 2.75) is 484 Å². The van der Waals surface area contributed by atoms with E-state index >= 15 is 0 Å². The third-order valence-electron chi connectivity index (χ3n) is 20.5. The smallest absolute Gasteiger partial charge is 0.462 e. The van der Waals surface area contributed by atoms with E-state index < -0.39 is 97.5 Å². The van der Waals surface area contributed by atoms with Gasteiger partial charge in [-0.1, -0.05) is 414 Å². The van der Waals surface area contributed by atoms with Crippen LogP contribution in [0.3, 0.4) is 0 Å². The van der Waals surface area contributed by atoms with Crippen LogP contribution in [0.25, 0.3) is 0 Å². The van der Waals surface area contributed by atoms with Crippen LogP contribution in [0, 0.1) is 11.8 Å². The van der Waals surface area contributed by atoms with Gasteiger partial charge in [0.1, 0.15) is 19.3 Å². The number of rotatable bonds is 86. The summed E-state index contributed by atoms with van der Waals surface area (Å²) >= 11 is 0. The summed E-state index contributed by atoms with van der Waals surface area (Å²) in [5.41, 5.74) is 0. The van der Waals surface area contributed by atoms with Crippen molar-refractivity contribution in [3.05, 3.63) is 0 Å². The molecule has 0 amide bonds. The molecule has 0 aliphatic heterocycles. The number of unbranched alkanes of at least 4 members (excludes halogenated alkanes) is 56. The van der Waals surface area contributed by atoms with Crippen molar-refractivity contribution in [3.8, 4) is 0 Å². The van der Waals surface area contributed by atoms with E-state index in [1.807, 2.05) is 0 Å². The molecule has 0 radical (unpaired) electrons. The van der Waals surface area contributed by atoms with Crippen molar-refractivity contribution in [3.63, 3.8) is 0 Å². The lowest BCUT2D eigenvalue weighted by molar-refractivity contribution is -0.161. The van der Waals surface area contributed by atoms with Crippen LogP contribution >= 0.6 is 15.6 Å². The fourth-order valence-electron chi connectivity index (χ4n) is 13.6. The Balaban J connectivity index is 5.22. The second-order valence-electron chi connectivity index (χ2n) is 32.2. The highest BCUT2D eigenvalue weighted by Gasteiger charge is 2.30. The summed E-state index contributed by atoms with van der Waals surface area (Å²) in [6.45, 7) is 9.63. The van der Waals surface area contributed by atoms with Gasteiger partial charge in [0.25, 0.3) is 0 Å². The monoisotopic (exact) mass is 1550 g/mol. The highest BCUT2D eigenvalue weighted by atomic mass is 31.2. The molecule has 5 atom stereocenters. The zero-order valence-corrected chi connectivity index (χ0v) is 71.5.